The zero-order valence-corrected chi connectivity index (χ0v) is 15.6. The number of azo groups is 1. The number of hydrogen-bond acceptors (Lipinski definition) is 4. The second-order valence-electron chi connectivity index (χ2n) is 6.39. The fraction of sp³-hybridized carbons (Fsp3) is 0.286. The number of ether oxygens (including phenoxy) is 1. The number of para-hydroxylation sites is 1. The maximum absolute atomic E-state index is 12.0. The van der Waals surface area contributed by atoms with Gasteiger partial charge in [-0.15, -0.1) is 10.2 Å². The van der Waals surface area contributed by atoms with Crippen molar-refractivity contribution in [3.63, 3.8) is 0 Å². The first-order valence-corrected chi connectivity index (χ1v) is 9.04. The van der Waals surface area contributed by atoms with Crippen LogP contribution >= 0.6 is 0 Å². The van der Waals surface area contributed by atoms with Crippen LogP contribution in [0.4, 0.5) is 5.69 Å². The molecule has 0 aliphatic rings. The van der Waals surface area contributed by atoms with Gasteiger partial charge < -0.3 is 14.4 Å². The molecule has 0 saturated carbocycles. The lowest BCUT2D eigenvalue weighted by Crippen LogP contribution is -2.07. The molecule has 0 unspecified atom stereocenters. The normalized spacial score (nSPS) is 11.3. The minimum absolute atomic E-state index is 0.0284. The van der Waals surface area contributed by atoms with Crippen molar-refractivity contribution in [3.8, 4) is 11.6 Å². The molecule has 1 heterocycles. The molecular formula is C21H23N3O3. The van der Waals surface area contributed by atoms with E-state index in [9.17, 15) is 9.90 Å². The molecule has 0 spiro atoms. The highest BCUT2D eigenvalue weighted by molar-refractivity contribution is 5.95. The van der Waals surface area contributed by atoms with E-state index in [1.807, 2.05) is 43.3 Å². The summed E-state index contributed by atoms with van der Waals surface area (Å²) in [6.07, 6.45) is 1.95. The van der Waals surface area contributed by atoms with Crippen LogP contribution in [0.3, 0.4) is 0 Å². The van der Waals surface area contributed by atoms with Gasteiger partial charge in [0.1, 0.15) is 5.75 Å². The van der Waals surface area contributed by atoms with Crippen molar-refractivity contribution >= 4 is 22.5 Å². The van der Waals surface area contributed by atoms with Crippen molar-refractivity contribution in [2.24, 2.45) is 10.2 Å². The monoisotopic (exact) mass is 365 g/mol. The van der Waals surface area contributed by atoms with E-state index < -0.39 is 5.91 Å². The average Bonchev–Trinajstić information content (AvgIpc) is 2.95. The van der Waals surface area contributed by atoms with Crippen LogP contribution in [0.1, 0.15) is 25.3 Å². The van der Waals surface area contributed by atoms with Gasteiger partial charge in [0.25, 0.3) is 0 Å². The number of unbranched alkanes of at least 4 members (excludes halogenated alkanes) is 1. The van der Waals surface area contributed by atoms with Gasteiger partial charge in [-0.1, -0.05) is 49.2 Å². The smallest absolute Gasteiger partial charge is 0.302 e. The molecule has 1 aromatic heterocycles. The lowest BCUT2D eigenvalue weighted by Gasteiger charge is -2.05. The van der Waals surface area contributed by atoms with Crippen LogP contribution in [0.2, 0.25) is 0 Å². The van der Waals surface area contributed by atoms with Crippen LogP contribution in [0.15, 0.2) is 58.8 Å². The molecule has 0 aliphatic heterocycles. The van der Waals surface area contributed by atoms with E-state index in [0.29, 0.717) is 18.0 Å². The SMILES string of the molecule is CCCCn1c(O)c(N=NC(=O)COc2ccc(C)cc2)c2ccccc21. The third kappa shape index (κ3) is 4.34. The number of aromatic hydroxyl groups is 1. The summed E-state index contributed by atoms with van der Waals surface area (Å²) in [4.78, 5) is 12.0. The summed E-state index contributed by atoms with van der Waals surface area (Å²) < 4.78 is 7.22. The summed E-state index contributed by atoms with van der Waals surface area (Å²) in [6.45, 7) is 4.55. The lowest BCUT2D eigenvalue weighted by molar-refractivity contribution is -0.120. The summed E-state index contributed by atoms with van der Waals surface area (Å²) in [5.74, 6) is 0.115. The fourth-order valence-electron chi connectivity index (χ4n) is 2.83. The number of carbonyl (C=O) groups is 1. The Morgan fingerprint density at radius 1 is 1.15 bits per heavy atom. The molecule has 1 amide bonds. The highest BCUT2D eigenvalue weighted by atomic mass is 16.5. The number of aromatic nitrogens is 1. The largest absolute Gasteiger partial charge is 0.493 e. The molecule has 3 aromatic rings. The predicted molar refractivity (Wildman–Crippen MR) is 105 cm³/mol. The van der Waals surface area contributed by atoms with Crippen molar-refractivity contribution in [1.29, 1.82) is 0 Å². The van der Waals surface area contributed by atoms with Gasteiger partial charge in [-0.2, -0.15) is 0 Å². The van der Waals surface area contributed by atoms with Gasteiger partial charge >= 0.3 is 5.91 Å². The Kier molecular flexibility index (Phi) is 5.86. The van der Waals surface area contributed by atoms with E-state index in [1.165, 1.54) is 0 Å². The van der Waals surface area contributed by atoms with Crippen molar-refractivity contribution in [2.75, 3.05) is 6.61 Å². The topological polar surface area (TPSA) is 76.2 Å². The number of benzene rings is 2. The van der Waals surface area contributed by atoms with Crippen LogP contribution in [0, 0.1) is 6.92 Å². The summed E-state index contributed by atoms with van der Waals surface area (Å²) in [6, 6.07) is 15.0. The first kappa shape index (κ1) is 18.6. The molecule has 2 aromatic carbocycles. The van der Waals surface area contributed by atoms with E-state index in [2.05, 4.69) is 17.2 Å². The third-order valence-electron chi connectivity index (χ3n) is 4.30. The molecule has 0 radical (unpaired) electrons. The number of amides is 1. The number of aryl methyl sites for hydroxylation is 2. The van der Waals surface area contributed by atoms with Crippen molar-refractivity contribution < 1.29 is 14.6 Å². The van der Waals surface area contributed by atoms with Gasteiger partial charge in [0, 0.05) is 11.9 Å². The zero-order chi connectivity index (χ0) is 19.2. The minimum Gasteiger partial charge on any atom is -0.493 e. The molecule has 0 bridgehead atoms. The number of rotatable bonds is 7. The van der Waals surface area contributed by atoms with E-state index in [1.54, 1.807) is 16.7 Å². The van der Waals surface area contributed by atoms with E-state index in [-0.39, 0.29) is 12.5 Å². The van der Waals surface area contributed by atoms with Gasteiger partial charge in [-0.05, 0) is 31.5 Å². The number of nitrogens with zero attached hydrogens (tertiary/aromatic N) is 3. The lowest BCUT2D eigenvalue weighted by atomic mass is 10.2. The maximum atomic E-state index is 12.0. The minimum atomic E-state index is -0.514. The zero-order valence-electron chi connectivity index (χ0n) is 15.6. The number of carbonyl (C=O) groups excluding carboxylic acids is 1. The van der Waals surface area contributed by atoms with Gasteiger partial charge in [0.15, 0.2) is 12.3 Å². The van der Waals surface area contributed by atoms with E-state index in [4.69, 9.17) is 4.74 Å². The molecule has 0 atom stereocenters. The Morgan fingerprint density at radius 2 is 1.89 bits per heavy atom. The standard InChI is InChI=1S/C21H23N3O3/c1-3-4-13-24-18-8-6-5-7-17(18)20(21(24)26)23-22-19(25)14-27-16-11-9-15(2)10-12-16/h5-12,26H,3-4,13-14H2,1-2H3. The van der Waals surface area contributed by atoms with E-state index >= 15 is 0 Å². The maximum Gasteiger partial charge on any atom is 0.302 e. The fourth-order valence-corrected chi connectivity index (χ4v) is 2.83. The van der Waals surface area contributed by atoms with E-state index in [0.717, 1.165) is 29.3 Å². The van der Waals surface area contributed by atoms with Crippen LogP contribution < -0.4 is 4.74 Å². The number of fused-ring (bicyclic) bond motifs is 1. The highest BCUT2D eigenvalue weighted by Gasteiger charge is 2.16. The Labute approximate surface area is 158 Å². The Hall–Kier alpha value is -3.15. The summed E-state index contributed by atoms with van der Waals surface area (Å²) >= 11 is 0. The summed E-state index contributed by atoms with van der Waals surface area (Å²) in [5.41, 5.74) is 2.30. The average molecular weight is 365 g/mol. The second kappa shape index (κ2) is 8.49. The van der Waals surface area contributed by atoms with Crippen LogP contribution in [-0.4, -0.2) is 22.2 Å². The Bertz CT molecular complexity index is 959. The second-order valence-corrected chi connectivity index (χ2v) is 6.39. The molecule has 3 rings (SSSR count). The molecule has 1 N–H and O–H groups in total. The van der Waals surface area contributed by atoms with Crippen LogP contribution in [-0.2, 0) is 11.3 Å². The molecule has 6 heteroatoms. The van der Waals surface area contributed by atoms with Gasteiger partial charge in [0.2, 0.25) is 5.88 Å². The van der Waals surface area contributed by atoms with Crippen molar-refractivity contribution in [2.45, 2.75) is 33.2 Å². The summed E-state index contributed by atoms with van der Waals surface area (Å²) in [5, 5.41) is 19.1. The molecule has 6 nitrogen and oxygen atoms in total. The first-order valence-electron chi connectivity index (χ1n) is 9.04. The first-order chi connectivity index (χ1) is 13.1. The van der Waals surface area contributed by atoms with Crippen LogP contribution in [0.5, 0.6) is 11.6 Å². The molecule has 0 saturated heterocycles. The molecular weight excluding hydrogens is 342 g/mol. The van der Waals surface area contributed by atoms with Crippen molar-refractivity contribution in [3.05, 3.63) is 54.1 Å². The Balaban J connectivity index is 1.76. The third-order valence-corrected chi connectivity index (χ3v) is 4.30. The number of hydrogen-bond donors (Lipinski definition) is 1. The van der Waals surface area contributed by atoms with Gasteiger partial charge in [-0.25, -0.2) is 0 Å². The molecule has 27 heavy (non-hydrogen) atoms. The quantitative estimate of drug-likeness (QED) is 0.589. The predicted octanol–water partition coefficient (Wildman–Crippen LogP) is 5.14. The molecule has 0 aliphatic carbocycles. The molecule has 140 valence electrons. The highest BCUT2D eigenvalue weighted by Crippen LogP contribution is 2.38. The van der Waals surface area contributed by atoms with Crippen LogP contribution in [0.25, 0.3) is 10.9 Å². The summed E-state index contributed by atoms with van der Waals surface area (Å²) in [7, 11) is 0. The van der Waals surface area contributed by atoms with Gasteiger partial charge in [0.05, 0.1) is 5.52 Å². The van der Waals surface area contributed by atoms with Crippen molar-refractivity contribution in [1.82, 2.24) is 4.57 Å². The molecule has 0 fully saturated rings. The Morgan fingerprint density at radius 3 is 2.63 bits per heavy atom. The van der Waals surface area contributed by atoms with Gasteiger partial charge in [-0.3, -0.25) is 4.79 Å².